The normalized spacial score (nSPS) is 16.1. The van der Waals surface area contributed by atoms with Crippen molar-refractivity contribution in [1.29, 1.82) is 0 Å². The molecule has 9 heteroatoms. The smallest absolute Gasteiger partial charge is 0.287 e. The van der Waals surface area contributed by atoms with Gasteiger partial charge >= 0.3 is 0 Å². The third-order valence-corrected chi connectivity index (χ3v) is 5.20. The van der Waals surface area contributed by atoms with Gasteiger partial charge in [0, 0.05) is 24.3 Å². The van der Waals surface area contributed by atoms with Gasteiger partial charge in [-0.05, 0) is 31.2 Å². The number of halogens is 1. The van der Waals surface area contributed by atoms with Crippen LogP contribution in [0.25, 0.3) is 17.4 Å². The Kier molecular flexibility index (Phi) is 4.94. The molecule has 0 aliphatic carbocycles. The summed E-state index contributed by atoms with van der Waals surface area (Å²) in [5.41, 5.74) is 0.441. The second kappa shape index (κ2) is 6.99. The molecule has 0 N–H and O–H groups in total. The number of thiocarbonyl (C=S) groups is 1. The van der Waals surface area contributed by atoms with E-state index in [1.54, 1.807) is 24.3 Å². The number of carbonyl (C=O) groups is 1. The standard InChI is InChI=1S/C16H11ClN2O4S2/c1-2-18-15(20)14(25-16(18)24)8-10-4-6-13(23-10)9-3-5-12(19(21)22)11(17)7-9/h3-8H,2H2,1H3/b14-8+. The molecule has 1 aromatic carbocycles. The first kappa shape index (κ1) is 17.7. The van der Waals surface area contributed by atoms with Crippen molar-refractivity contribution in [2.24, 2.45) is 0 Å². The van der Waals surface area contributed by atoms with Crippen LogP contribution in [0.15, 0.2) is 39.7 Å². The molecule has 1 fully saturated rings. The quantitative estimate of drug-likeness (QED) is 0.323. The third kappa shape index (κ3) is 3.46. The van der Waals surface area contributed by atoms with Gasteiger partial charge in [-0.25, -0.2) is 0 Å². The molecule has 1 amide bonds. The number of hydrogen-bond donors (Lipinski definition) is 0. The lowest BCUT2D eigenvalue weighted by Crippen LogP contribution is -2.27. The Hall–Kier alpha value is -2.16. The SMILES string of the molecule is CCN1C(=O)/C(=C\c2ccc(-c3ccc([N+](=O)[O-])c(Cl)c3)o2)SC1=S. The summed E-state index contributed by atoms with van der Waals surface area (Å²) < 4.78 is 6.23. The summed E-state index contributed by atoms with van der Waals surface area (Å²) in [6.45, 7) is 2.38. The number of nitrogens with zero attached hydrogens (tertiary/aromatic N) is 2. The summed E-state index contributed by atoms with van der Waals surface area (Å²) in [6, 6.07) is 7.78. The van der Waals surface area contributed by atoms with Crippen LogP contribution in [0.3, 0.4) is 0 Å². The van der Waals surface area contributed by atoms with Crippen molar-refractivity contribution in [2.45, 2.75) is 6.92 Å². The van der Waals surface area contributed by atoms with Gasteiger partial charge in [0.25, 0.3) is 11.6 Å². The van der Waals surface area contributed by atoms with Crippen LogP contribution in [-0.2, 0) is 4.79 Å². The van der Waals surface area contributed by atoms with E-state index in [9.17, 15) is 14.9 Å². The Bertz CT molecular complexity index is 923. The second-order valence-corrected chi connectivity index (χ2v) is 7.13. The van der Waals surface area contributed by atoms with Crippen LogP contribution in [0.1, 0.15) is 12.7 Å². The molecule has 1 saturated heterocycles. The molecular weight excluding hydrogens is 384 g/mol. The molecule has 6 nitrogen and oxygen atoms in total. The highest BCUT2D eigenvalue weighted by Crippen LogP contribution is 2.34. The number of carbonyl (C=O) groups excluding carboxylic acids is 1. The summed E-state index contributed by atoms with van der Waals surface area (Å²) >= 11 is 12.3. The van der Waals surface area contributed by atoms with E-state index in [2.05, 4.69) is 0 Å². The van der Waals surface area contributed by atoms with Crippen LogP contribution < -0.4 is 0 Å². The maximum atomic E-state index is 12.2. The number of amides is 1. The minimum atomic E-state index is -0.546. The number of hydrogen-bond acceptors (Lipinski definition) is 6. The summed E-state index contributed by atoms with van der Waals surface area (Å²) in [6.07, 6.45) is 1.63. The average molecular weight is 395 g/mol. The van der Waals surface area contributed by atoms with E-state index in [0.717, 1.165) is 0 Å². The topological polar surface area (TPSA) is 76.6 Å². The van der Waals surface area contributed by atoms with Gasteiger partial charge in [0.1, 0.15) is 20.9 Å². The van der Waals surface area contributed by atoms with Crippen molar-refractivity contribution in [3.8, 4) is 11.3 Å². The number of nitro benzene ring substituents is 1. The van der Waals surface area contributed by atoms with Crippen LogP contribution in [0.2, 0.25) is 5.02 Å². The second-order valence-electron chi connectivity index (χ2n) is 5.05. The first-order valence-electron chi connectivity index (χ1n) is 7.20. The van der Waals surface area contributed by atoms with Crippen molar-refractivity contribution >= 4 is 57.6 Å². The van der Waals surface area contributed by atoms with E-state index in [1.165, 1.54) is 28.8 Å². The lowest BCUT2D eigenvalue weighted by molar-refractivity contribution is -0.384. The Morgan fingerprint density at radius 1 is 1.40 bits per heavy atom. The van der Waals surface area contributed by atoms with E-state index in [1.807, 2.05) is 6.92 Å². The number of nitro groups is 1. The van der Waals surface area contributed by atoms with Crippen molar-refractivity contribution < 1.29 is 14.1 Å². The number of benzene rings is 1. The van der Waals surface area contributed by atoms with E-state index in [-0.39, 0.29) is 16.6 Å². The molecule has 1 aliphatic heterocycles. The van der Waals surface area contributed by atoms with Crippen LogP contribution >= 0.6 is 35.6 Å². The zero-order valence-electron chi connectivity index (χ0n) is 12.9. The fourth-order valence-electron chi connectivity index (χ4n) is 2.30. The van der Waals surface area contributed by atoms with E-state index in [0.29, 0.717) is 32.9 Å². The van der Waals surface area contributed by atoms with Crippen LogP contribution in [0.5, 0.6) is 0 Å². The monoisotopic (exact) mass is 394 g/mol. The average Bonchev–Trinajstić information content (AvgIpc) is 3.12. The Balaban J connectivity index is 1.87. The number of thioether (sulfide) groups is 1. The van der Waals surface area contributed by atoms with Crippen molar-refractivity contribution in [2.75, 3.05) is 6.54 Å². The zero-order valence-corrected chi connectivity index (χ0v) is 15.3. The first-order chi connectivity index (χ1) is 11.9. The van der Waals surface area contributed by atoms with Crippen LogP contribution in [-0.4, -0.2) is 26.6 Å². The van der Waals surface area contributed by atoms with E-state index in [4.69, 9.17) is 28.2 Å². The fourth-order valence-corrected chi connectivity index (χ4v) is 3.91. The van der Waals surface area contributed by atoms with Crippen molar-refractivity contribution in [3.05, 3.63) is 56.1 Å². The van der Waals surface area contributed by atoms with Gasteiger partial charge in [-0.1, -0.05) is 35.6 Å². The molecule has 0 radical (unpaired) electrons. The summed E-state index contributed by atoms with van der Waals surface area (Å²) in [7, 11) is 0. The first-order valence-corrected chi connectivity index (χ1v) is 8.80. The minimum absolute atomic E-state index is 0.0317. The summed E-state index contributed by atoms with van der Waals surface area (Å²) in [5, 5.41) is 10.8. The molecule has 0 saturated carbocycles. The van der Waals surface area contributed by atoms with Gasteiger partial charge in [-0.3, -0.25) is 19.8 Å². The molecular formula is C16H11ClN2O4S2. The lowest BCUT2D eigenvalue weighted by atomic mass is 10.1. The highest BCUT2D eigenvalue weighted by molar-refractivity contribution is 8.26. The van der Waals surface area contributed by atoms with E-state index >= 15 is 0 Å². The third-order valence-electron chi connectivity index (χ3n) is 3.52. The Morgan fingerprint density at radius 2 is 2.16 bits per heavy atom. The molecule has 0 spiro atoms. The predicted octanol–water partition coefficient (Wildman–Crippen LogP) is 4.73. The van der Waals surface area contributed by atoms with Crippen LogP contribution in [0, 0.1) is 10.1 Å². The molecule has 128 valence electrons. The molecule has 1 aliphatic rings. The maximum absolute atomic E-state index is 12.2. The van der Waals surface area contributed by atoms with Gasteiger partial charge in [-0.15, -0.1) is 0 Å². The Labute approximate surface area is 157 Å². The fraction of sp³-hybridized carbons (Fsp3) is 0.125. The molecule has 0 bridgehead atoms. The summed E-state index contributed by atoms with van der Waals surface area (Å²) in [5.74, 6) is 0.837. The van der Waals surface area contributed by atoms with Crippen molar-refractivity contribution in [1.82, 2.24) is 4.90 Å². The van der Waals surface area contributed by atoms with Crippen molar-refractivity contribution in [3.63, 3.8) is 0 Å². The minimum Gasteiger partial charge on any atom is -0.457 e. The molecule has 0 unspecified atom stereocenters. The van der Waals surface area contributed by atoms with Gasteiger partial charge in [0.2, 0.25) is 0 Å². The van der Waals surface area contributed by atoms with Gasteiger partial charge in [0.15, 0.2) is 0 Å². The summed E-state index contributed by atoms with van der Waals surface area (Å²) in [4.78, 5) is 24.5. The van der Waals surface area contributed by atoms with Crippen LogP contribution in [0.4, 0.5) is 5.69 Å². The lowest BCUT2D eigenvalue weighted by Gasteiger charge is -2.09. The molecule has 3 rings (SSSR count). The number of likely N-dealkylation sites (N-methyl/N-ethyl adjacent to an activating group) is 1. The predicted molar refractivity (Wildman–Crippen MR) is 101 cm³/mol. The van der Waals surface area contributed by atoms with Gasteiger partial charge in [0.05, 0.1) is 9.83 Å². The van der Waals surface area contributed by atoms with Gasteiger partial charge in [-0.2, -0.15) is 0 Å². The van der Waals surface area contributed by atoms with E-state index < -0.39 is 4.92 Å². The molecule has 0 atom stereocenters. The molecule has 2 aromatic rings. The Morgan fingerprint density at radius 3 is 2.76 bits per heavy atom. The number of furan rings is 1. The largest absolute Gasteiger partial charge is 0.457 e. The highest BCUT2D eigenvalue weighted by atomic mass is 35.5. The molecule has 25 heavy (non-hydrogen) atoms. The maximum Gasteiger partial charge on any atom is 0.287 e. The molecule has 2 heterocycles. The van der Waals surface area contributed by atoms with Gasteiger partial charge < -0.3 is 4.42 Å². The highest BCUT2D eigenvalue weighted by Gasteiger charge is 2.30. The molecule has 1 aromatic heterocycles. The number of rotatable bonds is 4. The zero-order chi connectivity index (χ0) is 18.1.